The van der Waals surface area contributed by atoms with Gasteiger partial charge in [0.05, 0.1) is 0 Å². The zero-order chi connectivity index (χ0) is 20.8. The fourth-order valence-corrected chi connectivity index (χ4v) is 3.78. The quantitative estimate of drug-likeness (QED) is 0.487. The van der Waals surface area contributed by atoms with E-state index in [0.717, 1.165) is 55.1 Å². The van der Waals surface area contributed by atoms with E-state index in [1.807, 2.05) is 31.3 Å². The molecule has 2 heterocycles. The van der Waals surface area contributed by atoms with Crippen molar-refractivity contribution in [1.82, 2.24) is 30.3 Å². The van der Waals surface area contributed by atoms with Crippen LogP contribution in [-0.4, -0.2) is 64.2 Å². The lowest BCUT2D eigenvalue weighted by atomic mass is 10.1. The molecular formula is C22H26ClN7. The summed E-state index contributed by atoms with van der Waals surface area (Å²) in [7, 11) is 1.84. The third-order valence-electron chi connectivity index (χ3n) is 5.27. The molecule has 2 aromatic carbocycles. The third kappa shape index (κ3) is 5.17. The van der Waals surface area contributed by atoms with Gasteiger partial charge in [0.25, 0.3) is 0 Å². The molecule has 156 valence electrons. The number of halogens is 1. The average Bonchev–Trinajstić information content (AvgIpc) is 3.32. The maximum Gasteiger partial charge on any atom is 0.194 e. The molecule has 8 heteroatoms. The van der Waals surface area contributed by atoms with Crippen LogP contribution in [0.4, 0.5) is 0 Å². The van der Waals surface area contributed by atoms with Crippen LogP contribution in [0.15, 0.2) is 59.9 Å². The molecule has 30 heavy (non-hydrogen) atoms. The van der Waals surface area contributed by atoms with E-state index in [1.165, 1.54) is 17.5 Å². The van der Waals surface area contributed by atoms with Gasteiger partial charge in [0.2, 0.25) is 0 Å². The molecule has 2 N–H and O–H groups in total. The van der Waals surface area contributed by atoms with Crippen molar-refractivity contribution in [2.75, 3.05) is 33.2 Å². The second-order valence-electron chi connectivity index (χ2n) is 7.32. The van der Waals surface area contributed by atoms with Crippen molar-refractivity contribution in [2.45, 2.75) is 13.1 Å². The van der Waals surface area contributed by atoms with Gasteiger partial charge in [-0.2, -0.15) is 5.10 Å². The van der Waals surface area contributed by atoms with Gasteiger partial charge < -0.3 is 10.2 Å². The van der Waals surface area contributed by atoms with E-state index < -0.39 is 0 Å². The Morgan fingerprint density at radius 2 is 1.90 bits per heavy atom. The van der Waals surface area contributed by atoms with Gasteiger partial charge in [0, 0.05) is 56.9 Å². The molecule has 4 rings (SSSR count). The summed E-state index contributed by atoms with van der Waals surface area (Å²) >= 11 is 5.98. The van der Waals surface area contributed by atoms with Crippen LogP contribution in [0.25, 0.3) is 11.4 Å². The Labute approximate surface area is 181 Å². The highest BCUT2D eigenvalue weighted by Crippen LogP contribution is 2.16. The van der Waals surface area contributed by atoms with Crippen molar-refractivity contribution in [3.63, 3.8) is 0 Å². The molecule has 1 fully saturated rings. The summed E-state index contributed by atoms with van der Waals surface area (Å²) in [5, 5.41) is 11.1. The number of nitrogens with zero attached hydrogens (tertiary/aromatic N) is 5. The number of H-pyrrole nitrogens is 1. The summed E-state index contributed by atoms with van der Waals surface area (Å²) in [4.78, 5) is 13.5. The second-order valence-corrected chi connectivity index (χ2v) is 7.76. The molecule has 0 saturated carbocycles. The summed E-state index contributed by atoms with van der Waals surface area (Å²) in [6.45, 7) is 5.57. The number of aromatic amines is 1. The Hall–Kier alpha value is -2.90. The molecule has 0 radical (unpaired) electrons. The lowest BCUT2D eigenvalue weighted by Crippen LogP contribution is -2.52. The van der Waals surface area contributed by atoms with Crippen LogP contribution in [0.3, 0.4) is 0 Å². The largest absolute Gasteiger partial charge is 0.352 e. The van der Waals surface area contributed by atoms with E-state index in [1.54, 1.807) is 0 Å². The standard InChI is InChI=1S/C22H26ClN7/c1-24-22(25-14-18-3-2-4-19(13-18)21-26-16-27-28-21)30-11-9-29(10-12-30)15-17-5-7-20(23)8-6-17/h2-8,13,16H,9-12,14-15H2,1H3,(H,24,25)(H,26,27,28). The highest BCUT2D eigenvalue weighted by molar-refractivity contribution is 6.30. The van der Waals surface area contributed by atoms with Crippen LogP contribution in [0.1, 0.15) is 11.1 Å². The fourth-order valence-electron chi connectivity index (χ4n) is 3.65. The minimum atomic E-state index is 0.708. The summed E-state index contributed by atoms with van der Waals surface area (Å²) in [6.07, 6.45) is 1.52. The first kappa shape index (κ1) is 20.4. The Kier molecular flexibility index (Phi) is 6.61. The van der Waals surface area contributed by atoms with Gasteiger partial charge in [-0.1, -0.05) is 41.9 Å². The number of piperazine rings is 1. The zero-order valence-electron chi connectivity index (χ0n) is 17.1. The van der Waals surface area contributed by atoms with Crippen molar-refractivity contribution in [2.24, 2.45) is 4.99 Å². The van der Waals surface area contributed by atoms with E-state index in [0.29, 0.717) is 6.54 Å². The molecule has 1 aliphatic heterocycles. The minimum absolute atomic E-state index is 0.708. The number of hydrogen-bond acceptors (Lipinski definition) is 4. The lowest BCUT2D eigenvalue weighted by molar-refractivity contribution is 0.172. The van der Waals surface area contributed by atoms with Gasteiger partial charge in [-0.3, -0.25) is 15.0 Å². The van der Waals surface area contributed by atoms with E-state index in [4.69, 9.17) is 11.6 Å². The summed E-state index contributed by atoms with van der Waals surface area (Å²) in [6, 6.07) is 16.4. The topological polar surface area (TPSA) is 72.4 Å². The maximum absolute atomic E-state index is 5.98. The summed E-state index contributed by atoms with van der Waals surface area (Å²) in [5.41, 5.74) is 3.49. The lowest BCUT2D eigenvalue weighted by Gasteiger charge is -2.36. The number of nitrogens with one attached hydrogen (secondary N) is 2. The van der Waals surface area contributed by atoms with Crippen LogP contribution in [-0.2, 0) is 13.1 Å². The number of hydrogen-bond donors (Lipinski definition) is 2. The predicted octanol–water partition coefficient (Wildman–Crippen LogP) is 3.02. The first-order valence-corrected chi connectivity index (χ1v) is 10.5. The molecule has 0 unspecified atom stereocenters. The van der Waals surface area contributed by atoms with Gasteiger partial charge in [-0.15, -0.1) is 0 Å². The molecule has 3 aromatic rings. The fraction of sp³-hybridized carbons (Fsp3) is 0.318. The Balaban J connectivity index is 1.29. The van der Waals surface area contributed by atoms with E-state index in [9.17, 15) is 0 Å². The van der Waals surface area contributed by atoms with Crippen LogP contribution >= 0.6 is 11.6 Å². The normalized spacial score (nSPS) is 15.4. The molecule has 0 amide bonds. The first-order valence-electron chi connectivity index (χ1n) is 10.1. The number of aliphatic imine (C=N–C) groups is 1. The summed E-state index contributed by atoms with van der Waals surface area (Å²) in [5.74, 6) is 1.71. The molecular weight excluding hydrogens is 398 g/mol. The van der Waals surface area contributed by atoms with Gasteiger partial charge in [0.15, 0.2) is 11.8 Å². The third-order valence-corrected chi connectivity index (χ3v) is 5.52. The van der Waals surface area contributed by atoms with E-state index >= 15 is 0 Å². The Morgan fingerprint density at radius 3 is 2.60 bits per heavy atom. The van der Waals surface area contributed by atoms with Gasteiger partial charge in [-0.25, -0.2) is 4.98 Å². The maximum atomic E-state index is 5.98. The van der Waals surface area contributed by atoms with Gasteiger partial charge >= 0.3 is 0 Å². The van der Waals surface area contributed by atoms with Gasteiger partial charge in [0.1, 0.15) is 6.33 Å². The number of rotatable bonds is 5. The predicted molar refractivity (Wildman–Crippen MR) is 120 cm³/mol. The Morgan fingerprint density at radius 1 is 1.10 bits per heavy atom. The average molecular weight is 424 g/mol. The van der Waals surface area contributed by atoms with Crippen molar-refractivity contribution in [3.05, 3.63) is 71.0 Å². The van der Waals surface area contributed by atoms with Crippen molar-refractivity contribution in [1.29, 1.82) is 0 Å². The molecule has 0 spiro atoms. The molecule has 1 aliphatic rings. The number of guanidine groups is 1. The van der Waals surface area contributed by atoms with Gasteiger partial charge in [-0.05, 0) is 29.3 Å². The monoisotopic (exact) mass is 423 g/mol. The molecule has 1 saturated heterocycles. The van der Waals surface area contributed by atoms with E-state index in [2.05, 4.69) is 59.6 Å². The molecule has 0 bridgehead atoms. The Bertz CT molecular complexity index is 961. The number of aromatic nitrogens is 3. The smallest absolute Gasteiger partial charge is 0.194 e. The minimum Gasteiger partial charge on any atom is -0.352 e. The SMILES string of the molecule is CN=C(NCc1cccc(-c2ncn[nH]2)c1)N1CCN(Cc2ccc(Cl)cc2)CC1. The molecule has 0 atom stereocenters. The zero-order valence-corrected chi connectivity index (χ0v) is 17.8. The molecule has 7 nitrogen and oxygen atoms in total. The van der Waals surface area contributed by atoms with Crippen molar-refractivity contribution >= 4 is 17.6 Å². The summed E-state index contributed by atoms with van der Waals surface area (Å²) < 4.78 is 0. The molecule has 1 aromatic heterocycles. The van der Waals surface area contributed by atoms with Crippen molar-refractivity contribution < 1.29 is 0 Å². The number of benzene rings is 2. The first-order chi connectivity index (χ1) is 14.7. The highest BCUT2D eigenvalue weighted by Gasteiger charge is 2.19. The van der Waals surface area contributed by atoms with Crippen LogP contribution < -0.4 is 5.32 Å². The van der Waals surface area contributed by atoms with Crippen LogP contribution in [0.2, 0.25) is 5.02 Å². The van der Waals surface area contributed by atoms with E-state index in [-0.39, 0.29) is 0 Å². The van der Waals surface area contributed by atoms with Crippen LogP contribution in [0.5, 0.6) is 0 Å². The molecule has 0 aliphatic carbocycles. The second kappa shape index (κ2) is 9.73. The van der Waals surface area contributed by atoms with Crippen LogP contribution in [0, 0.1) is 0 Å². The van der Waals surface area contributed by atoms with Crippen molar-refractivity contribution in [3.8, 4) is 11.4 Å². The highest BCUT2D eigenvalue weighted by atomic mass is 35.5.